The van der Waals surface area contributed by atoms with Gasteiger partial charge in [0, 0.05) is 30.9 Å². The summed E-state index contributed by atoms with van der Waals surface area (Å²) in [5.41, 5.74) is 7.26. The third-order valence-electron chi connectivity index (χ3n) is 4.41. The first-order chi connectivity index (χ1) is 9.35. The Morgan fingerprint density at radius 3 is 2.80 bits per heavy atom. The second kappa shape index (κ2) is 4.40. The van der Waals surface area contributed by atoms with Gasteiger partial charge in [-0.15, -0.1) is 0 Å². The predicted octanol–water partition coefficient (Wildman–Crippen LogP) is 1.90. The van der Waals surface area contributed by atoms with Gasteiger partial charge in [0.15, 0.2) is 0 Å². The topological polar surface area (TPSA) is 64.3 Å². The van der Waals surface area contributed by atoms with E-state index in [-0.39, 0.29) is 11.2 Å². The van der Waals surface area contributed by atoms with Crippen LogP contribution in [-0.4, -0.2) is 29.1 Å². The molecule has 0 spiro atoms. The number of anilines is 1. The Bertz CT molecular complexity index is 527. The maximum Gasteiger partial charge on any atom is 0.225 e. The van der Waals surface area contributed by atoms with Gasteiger partial charge in [-0.25, -0.2) is 9.97 Å². The number of fused-ring (bicyclic) bond motifs is 1. The molecule has 0 radical (unpaired) electrons. The number of nitrogens with zero attached hydrogens (tertiary/aromatic N) is 3. The standard InChI is InChI=1S/C15H24N4O/c1-14(2)11-9-17-13(18-12(11)15(3,4)20-14)19-7-5-6-10(19)8-16/h9-10H,5-8,16H2,1-4H3. The lowest BCUT2D eigenvalue weighted by Crippen LogP contribution is -2.37. The van der Waals surface area contributed by atoms with E-state index in [1.54, 1.807) is 0 Å². The summed E-state index contributed by atoms with van der Waals surface area (Å²) >= 11 is 0. The maximum atomic E-state index is 6.13. The summed E-state index contributed by atoms with van der Waals surface area (Å²) in [4.78, 5) is 11.6. The Hall–Kier alpha value is -1.20. The Morgan fingerprint density at radius 1 is 1.35 bits per heavy atom. The number of hydrogen-bond acceptors (Lipinski definition) is 5. The van der Waals surface area contributed by atoms with Gasteiger partial charge in [-0.3, -0.25) is 0 Å². The normalized spacial score (nSPS) is 26.9. The summed E-state index contributed by atoms with van der Waals surface area (Å²) in [5.74, 6) is 0.797. The van der Waals surface area contributed by atoms with Gasteiger partial charge < -0.3 is 15.4 Å². The fourth-order valence-corrected chi connectivity index (χ4v) is 3.50. The molecule has 3 rings (SSSR count). The molecule has 0 saturated carbocycles. The van der Waals surface area contributed by atoms with Gasteiger partial charge in [0.1, 0.15) is 5.60 Å². The minimum atomic E-state index is -0.367. The van der Waals surface area contributed by atoms with Crippen LogP contribution >= 0.6 is 0 Å². The smallest absolute Gasteiger partial charge is 0.225 e. The van der Waals surface area contributed by atoms with Crippen molar-refractivity contribution >= 4 is 5.95 Å². The van der Waals surface area contributed by atoms with Crippen molar-refractivity contribution in [3.8, 4) is 0 Å². The molecule has 1 aromatic heterocycles. The molecule has 0 aliphatic carbocycles. The Balaban J connectivity index is 2.02. The average molecular weight is 276 g/mol. The third-order valence-corrected chi connectivity index (χ3v) is 4.41. The molecular weight excluding hydrogens is 252 g/mol. The largest absolute Gasteiger partial charge is 0.359 e. The molecule has 5 heteroatoms. The number of rotatable bonds is 2. The second-order valence-electron chi connectivity index (χ2n) is 6.78. The Morgan fingerprint density at radius 2 is 2.10 bits per heavy atom. The molecular formula is C15H24N4O. The number of ether oxygens (including phenoxy) is 1. The van der Waals surface area contributed by atoms with E-state index >= 15 is 0 Å². The van der Waals surface area contributed by atoms with Crippen LogP contribution in [0.1, 0.15) is 51.8 Å². The average Bonchev–Trinajstić information content (AvgIpc) is 2.90. The highest BCUT2D eigenvalue weighted by Crippen LogP contribution is 2.45. The lowest BCUT2D eigenvalue weighted by atomic mass is 9.97. The van der Waals surface area contributed by atoms with Gasteiger partial charge in [-0.05, 0) is 40.5 Å². The lowest BCUT2D eigenvalue weighted by molar-refractivity contribution is -0.106. The van der Waals surface area contributed by atoms with Gasteiger partial charge in [0.05, 0.1) is 11.3 Å². The summed E-state index contributed by atoms with van der Waals surface area (Å²) in [6, 6.07) is 0.367. The van der Waals surface area contributed by atoms with Crippen molar-refractivity contribution in [2.75, 3.05) is 18.0 Å². The van der Waals surface area contributed by atoms with Crippen LogP contribution in [-0.2, 0) is 15.9 Å². The molecule has 1 fully saturated rings. The fourth-order valence-electron chi connectivity index (χ4n) is 3.50. The maximum absolute atomic E-state index is 6.13. The molecule has 2 N–H and O–H groups in total. The zero-order chi connectivity index (χ0) is 14.5. The molecule has 1 unspecified atom stereocenters. The summed E-state index contributed by atoms with van der Waals surface area (Å²) in [6.45, 7) is 9.94. The number of nitrogens with two attached hydrogens (primary N) is 1. The molecule has 20 heavy (non-hydrogen) atoms. The molecule has 110 valence electrons. The molecule has 2 aliphatic rings. The van der Waals surface area contributed by atoms with Crippen LogP contribution < -0.4 is 10.6 Å². The van der Waals surface area contributed by atoms with Crippen molar-refractivity contribution in [1.29, 1.82) is 0 Å². The van der Waals surface area contributed by atoms with Crippen LogP contribution in [0.25, 0.3) is 0 Å². The first-order valence-electron chi connectivity index (χ1n) is 7.40. The van der Waals surface area contributed by atoms with Crippen molar-refractivity contribution in [2.24, 2.45) is 5.73 Å². The van der Waals surface area contributed by atoms with Gasteiger partial charge in [0.25, 0.3) is 0 Å². The summed E-state index contributed by atoms with van der Waals surface area (Å²) < 4.78 is 6.13. The zero-order valence-corrected chi connectivity index (χ0v) is 12.8. The SMILES string of the molecule is CC1(C)OC(C)(C)c2nc(N3CCCC3CN)ncc21. The minimum Gasteiger partial charge on any atom is -0.359 e. The highest BCUT2D eigenvalue weighted by molar-refractivity contribution is 5.41. The fraction of sp³-hybridized carbons (Fsp3) is 0.733. The predicted molar refractivity (Wildman–Crippen MR) is 78.6 cm³/mol. The van der Waals surface area contributed by atoms with E-state index in [1.807, 2.05) is 6.20 Å². The van der Waals surface area contributed by atoms with E-state index in [9.17, 15) is 0 Å². The first kappa shape index (κ1) is 13.8. The minimum absolute atomic E-state index is 0.324. The van der Waals surface area contributed by atoms with Crippen molar-refractivity contribution in [2.45, 2.75) is 57.8 Å². The molecule has 0 bridgehead atoms. The molecule has 3 heterocycles. The van der Waals surface area contributed by atoms with Gasteiger partial charge >= 0.3 is 0 Å². The monoisotopic (exact) mass is 276 g/mol. The molecule has 1 saturated heterocycles. The lowest BCUT2D eigenvalue weighted by Gasteiger charge is -2.25. The first-order valence-corrected chi connectivity index (χ1v) is 7.40. The molecule has 1 atom stereocenters. The van der Waals surface area contributed by atoms with Crippen molar-refractivity contribution in [1.82, 2.24) is 9.97 Å². The summed E-state index contributed by atoms with van der Waals surface area (Å²) in [7, 11) is 0. The van der Waals surface area contributed by atoms with E-state index in [0.29, 0.717) is 12.6 Å². The number of hydrogen-bond donors (Lipinski definition) is 1. The Kier molecular flexibility index (Phi) is 3.03. The summed E-state index contributed by atoms with van der Waals surface area (Å²) in [5, 5.41) is 0. The quantitative estimate of drug-likeness (QED) is 0.894. The van der Waals surface area contributed by atoms with Crippen molar-refractivity contribution in [3.05, 3.63) is 17.5 Å². The molecule has 2 aliphatic heterocycles. The highest BCUT2D eigenvalue weighted by Gasteiger charge is 2.45. The summed E-state index contributed by atoms with van der Waals surface area (Å²) in [6.07, 6.45) is 4.22. The Labute approximate surface area is 120 Å². The van der Waals surface area contributed by atoms with Gasteiger partial charge in [-0.1, -0.05) is 0 Å². The van der Waals surface area contributed by atoms with Gasteiger partial charge in [-0.2, -0.15) is 0 Å². The highest BCUT2D eigenvalue weighted by atomic mass is 16.5. The van der Waals surface area contributed by atoms with E-state index in [0.717, 1.165) is 36.6 Å². The second-order valence-corrected chi connectivity index (χ2v) is 6.78. The molecule has 0 aromatic carbocycles. The van der Waals surface area contributed by atoms with Crippen LogP contribution in [0.3, 0.4) is 0 Å². The van der Waals surface area contributed by atoms with Crippen LogP contribution in [0.2, 0.25) is 0 Å². The van der Waals surface area contributed by atoms with E-state index in [4.69, 9.17) is 15.5 Å². The van der Waals surface area contributed by atoms with Gasteiger partial charge in [0.2, 0.25) is 5.95 Å². The van der Waals surface area contributed by atoms with E-state index in [2.05, 4.69) is 37.6 Å². The third kappa shape index (κ3) is 2.00. The van der Waals surface area contributed by atoms with E-state index in [1.165, 1.54) is 0 Å². The van der Waals surface area contributed by atoms with Crippen molar-refractivity contribution in [3.63, 3.8) is 0 Å². The van der Waals surface area contributed by atoms with E-state index < -0.39 is 0 Å². The molecule has 5 nitrogen and oxygen atoms in total. The van der Waals surface area contributed by atoms with Crippen LogP contribution in [0.4, 0.5) is 5.95 Å². The van der Waals surface area contributed by atoms with Crippen LogP contribution in [0.15, 0.2) is 6.20 Å². The number of aromatic nitrogens is 2. The zero-order valence-electron chi connectivity index (χ0n) is 12.8. The molecule has 0 amide bonds. The van der Waals surface area contributed by atoms with Crippen molar-refractivity contribution < 1.29 is 4.74 Å². The van der Waals surface area contributed by atoms with Crippen LogP contribution in [0, 0.1) is 0 Å². The molecule has 1 aromatic rings. The van der Waals surface area contributed by atoms with Crippen LogP contribution in [0.5, 0.6) is 0 Å².